The van der Waals surface area contributed by atoms with Crippen LogP contribution in [-0.2, 0) is 6.42 Å². The topological polar surface area (TPSA) is 54.6 Å². The van der Waals surface area contributed by atoms with Crippen LogP contribution >= 0.6 is 0 Å². The van der Waals surface area contributed by atoms with Gasteiger partial charge >= 0.3 is 0 Å². The van der Waals surface area contributed by atoms with E-state index in [9.17, 15) is 0 Å². The lowest BCUT2D eigenvalue weighted by Gasteiger charge is -2.37. The SMILES string of the molecule is CCc1nc(N2CCN(c3ccccc3OC)CC2)c2oc3ccccc3c2n1. The largest absolute Gasteiger partial charge is 0.495 e. The fraction of sp³-hybridized carbons (Fsp3) is 0.304. The number of fused-ring (bicyclic) bond motifs is 3. The van der Waals surface area contributed by atoms with Gasteiger partial charge in [0.1, 0.15) is 22.7 Å². The molecule has 1 aliphatic heterocycles. The summed E-state index contributed by atoms with van der Waals surface area (Å²) in [6.07, 6.45) is 0.795. The summed E-state index contributed by atoms with van der Waals surface area (Å²) in [5.41, 5.74) is 3.70. The molecule has 0 atom stereocenters. The first-order chi connectivity index (χ1) is 14.3. The van der Waals surface area contributed by atoms with Crippen molar-refractivity contribution in [2.24, 2.45) is 0 Å². The Morgan fingerprint density at radius 2 is 1.66 bits per heavy atom. The highest BCUT2D eigenvalue weighted by Crippen LogP contribution is 2.34. The summed E-state index contributed by atoms with van der Waals surface area (Å²) in [6.45, 7) is 5.61. The average molecular weight is 388 g/mol. The summed E-state index contributed by atoms with van der Waals surface area (Å²) in [6, 6.07) is 16.3. The summed E-state index contributed by atoms with van der Waals surface area (Å²) in [7, 11) is 1.72. The number of aryl methyl sites for hydroxylation is 1. The average Bonchev–Trinajstić information content (AvgIpc) is 3.17. The zero-order chi connectivity index (χ0) is 19.8. The number of piperazine rings is 1. The number of furan rings is 1. The van der Waals surface area contributed by atoms with E-state index in [0.717, 1.165) is 77.7 Å². The summed E-state index contributed by atoms with van der Waals surface area (Å²) in [5.74, 6) is 2.67. The molecule has 5 rings (SSSR count). The van der Waals surface area contributed by atoms with E-state index in [4.69, 9.17) is 19.1 Å². The molecule has 0 spiro atoms. The van der Waals surface area contributed by atoms with Crippen molar-refractivity contribution in [1.82, 2.24) is 9.97 Å². The van der Waals surface area contributed by atoms with Gasteiger partial charge in [-0.3, -0.25) is 0 Å². The first kappa shape index (κ1) is 17.8. The van der Waals surface area contributed by atoms with Gasteiger partial charge in [0.25, 0.3) is 0 Å². The highest BCUT2D eigenvalue weighted by molar-refractivity contribution is 6.05. The van der Waals surface area contributed by atoms with Gasteiger partial charge in [0.2, 0.25) is 0 Å². The van der Waals surface area contributed by atoms with Crippen LogP contribution in [0, 0.1) is 0 Å². The molecule has 0 bridgehead atoms. The summed E-state index contributed by atoms with van der Waals surface area (Å²) >= 11 is 0. The lowest BCUT2D eigenvalue weighted by atomic mass is 10.2. The summed E-state index contributed by atoms with van der Waals surface area (Å²) in [4.78, 5) is 14.3. The molecule has 4 aromatic rings. The molecular formula is C23H24N4O2. The van der Waals surface area contributed by atoms with Crippen molar-refractivity contribution < 1.29 is 9.15 Å². The zero-order valence-electron chi connectivity index (χ0n) is 16.8. The molecule has 0 N–H and O–H groups in total. The fourth-order valence-corrected chi connectivity index (χ4v) is 4.04. The molecule has 2 aromatic carbocycles. The lowest BCUT2D eigenvalue weighted by molar-refractivity contribution is 0.413. The minimum atomic E-state index is 0.786. The van der Waals surface area contributed by atoms with E-state index in [-0.39, 0.29) is 0 Å². The fourth-order valence-electron chi connectivity index (χ4n) is 4.04. The Morgan fingerprint density at radius 3 is 2.45 bits per heavy atom. The van der Waals surface area contributed by atoms with Crippen LogP contribution < -0.4 is 14.5 Å². The van der Waals surface area contributed by atoms with Crippen LogP contribution in [0.3, 0.4) is 0 Å². The molecule has 29 heavy (non-hydrogen) atoms. The lowest BCUT2D eigenvalue weighted by Crippen LogP contribution is -2.47. The van der Waals surface area contributed by atoms with Crippen LogP contribution in [0.25, 0.3) is 22.1 Å². The summed E-state index contributed by atoms with van der Waals surface area (Å²) in [5, 5.41) is 1.05. The molecule has 3 heterocycles. The Hall–Kier alpha value is -3.28. The number of para-hydroxylation sites is 3. The third kappa shape index (κ3) is 3.05. The van der Waals surface area contributed by atoms with E-state index >= 15 is 0 Å². The minimum absolute atomic E-state index is 0.786. The van der Waals surface area contributed by atoms with E-state index in [1.165, 1.54) is 0 Å². The predicted octanol–water partition coefficient (Wildman–Crippen LogP) is 4.27. The number of rotatable bonds is 4. The first-order valence-corrected chi connectivity index (χ1v) is 10.1. The standard InChI is InChI=1S/C23H24N4O2/c1-3-20-24-21-16-8-4-6-10-18(16)29-22(21)23(25-20)27-14-12-26(13-15-27)17-9-5-7-11-19(17)28-2/h4-11H,3,12-15H2,1-2H3. The van der Waals surface area contributed by atoms with Gasteiger partial charge in [-0.25, -0.2) is 9.97 Å². The van der Waals surface area contributed by atoms with Crippen molar-refractivity contribution in [2.45, 2.75) is 13.3 Å². The Kier molecular flexibility index (Phi) is 4.46. The second-order valence-corrected chi connectivity index (χ2v) is 7.24. The molecule has 1 aliphatic rings. The van der Waals surface area contributed by atoms with Gasteiger partial charge in [-0.05, 0) is 24.3 Å². The molecule has 0 radical (unpaired) electrons. The summed E-state index contributed by atoms with van der Waals surface area (Å²) < 4.78 is 11.7. The number of benzene rings is 2. The molecule has 6 nitrogen and oxygen atoms in total. The Labute approximate surface area is 169 Å². The monoisotopic (exact) mass is 388 g/mol. The van der Waals surface area contributed by atoms with Crippen molar-refractivity contribution in [2.75, 3.05) is 43.1 Å². The van der Waals surface area contributed by atoms with Crippen LogP contribution in [0.2, 0.25) is 0 Å². The highest BCUT2D eigenvalue weighted by atomic mass is 16.5. The van der Waals surface area contributed by atoms with E-state index in [2.05, 4.69) is 34.9 Å². The molecule has 6 heteroatoms. The number of hydrogen-bond donors (Lipinski definition) is 0. The maximum Gasteiger partial charge on any atom is 0.196 e. The molecule has 1 saturated heterocycles. The number of methoxy groups -OCH3 is 1. The number of hydrogen-bond acceptors (Lipinski definition) is 6. The third-order valence-electron chi connectivity index (χ3n) is 5.57. The third-order valence-corrected chi connectivity index (χ3v) is 5.57. The van der Waals surface area contributed by atoms with Gasteiger partial charge in [-0.1, -0.05) is 31.2 Å². The van der Waals surface area contributed by atoms with Crippen molar-refractivity contribution in [3.63, 3.8) is 0 Å². The van der Waals surface area contributed by atoms with E-state index in [0.29, 0.717) is 0 Å². The van der Waals surface area contributed by atoms with Crippen LogP contribution in [0.1, 0.15) is 12.7 Å². The molecule has 0 aliphatic carbocycles. The second-order valence-electron chi connectivity index (χ2n) is 7.24. The Bertz CT molecular complexity index is 1160. The quantitative estimate of drug-likeness (QED) is 0.520. The molecule has 148 valence electrons. The first-order valence-electron chi connectivity index (χ1n) is 10.1. The normalized spacial score (nSPS) is 14.7. The number of anilines is 2. The minimum Gasteiger partial charge on any atom is -0.495 e. The molecule has 2 aromatic heterocycles. The maximum absolute atomic E-state index is 6.18. The van der Waals surface area contributed by atoms with Crippen molar-refractivity contribution in [3.8, 4) is 5.75 Å². The van der Waals surface area contributed by atoms with Gasteiger partial charge in [-0.2, -0.15) is 0 Å². The van der Waals surface area contributed by atoms with Crippen LogP contribution in [0.15, 0.2) is 52.9 Å². The van der Waals surface area contributed by atoms with Gasteiger partial charge < -0.3 is 19.0 Å². The molecule has 0 unspecified atom stereocenters. The van der Waals surface area contributed by atoms with Crippen LogP contribution in [0.4, 0.5) is 11.5 Å². The molecular weight excluding hydrogens is 364 g/mol. The van der Waals surface area contributed by atoms with Crippen molar-refractivity contribution in [3.05, 3.63) is 54.4 Å². The van der Waals surface area contributed by atoms with Gasteiger partial charge in [0, 0.05) is 38.0 Å². The zero-order valence-corrected chi connectivity index (χ0v) is 16.8. The number of aromatic nitrogens is 2. The Balaban J connectivity index is 1.49. The van der Waals surface area contributed by atoms with E-state index in [1.54, 1.807) is 7.11 Å². The Morgan fingerprint density at radius 1 is 0.931 bits per heavy atom. The molecule has 0 amide bonds. The smallest absolute Gasteiger partial charge is 0.196 e. The van der Waals surface area contributed by atoms with Crippen molar-refractivity contribution >= 4 is 33.6 Å². The van der Waals surface area contributed by atoms with Gasteiger partial charge in [0.15, 0.2) is 11.4 Å². The maximum atomic E-state index is 6.18. The van der Waals surface area contributed by atoms with E-state index < -0.39 is 0 Å². The van der Waals surface area contributed by atoms with E-state index in [1.807, 2.05) is 30.3 Å². The molecule has 0 saturated carbocycles. The predicted molar refractivity (Wildman–Crippen MR) is 116 cm³/mol. The van der Waals surface area contributed by atoms with Crippen LogP contribution in [-0.4, -0.2) is 43.3 Å². The molecule has 1 fully saturated rings. The van der Waals surface area contributed by atoms with Crippen LogP contribution in [0.5, 0.6) is 5.75 Å². The van der Waals surface area contributed by atoms with Gasteiger partial charge in [0.05, 0.1) is 12.8 Å². The second kappa shape index (κ2) is 7.28. The number of nitrogens with zero attached hydrogens (tertiary/aromatic N) is 4. The highest BCUT2D eigenvalue weighted by Gasteiger charge is 2.24. The van der Waals surface area contributed by atoms with Gasteiger partial charge in [-0.15, -0.1) is 0 Å². The van der Waals surface area contributed by atoms with Crippen molar-refractivity contribution in [1.29, 1.82) is 0 Å². The number of ether oxygens (including phenoxy) is 1.